The topological polar surface area (TPSA) is 101 Å². The van der Waals surface area contributed by atoms with Gasteiger partial charge in [-0.05, 0) is 24.3 Å². The Labute approximate surface area is 161 Å². The fraction of sp³-hybridized carbons (Fsp3) is 0.143. The van der Waals surface area contributed by atoms with Gasteiger partial charge in [0, 0.05) is 43.0 Å². The number of aromatic nitrogens is 1. The minimum absolute atomic E-state index is 0.122. The number of hydrogen-bond acceptors (Lipinski definition) is 6. The van der Waals surface area contributed by atoms with Gasteiger partial charge in [0.05, 0.1) is 11.2 Å². The number of carbonyl (C=O) groups is 2. The van der Waals surface area contributed by atoms with Gasteiger partial charge in [-0.15, -0.1) is 0 Å². The second-order valence-corrected chi connectivity index (χ2v) is 6.17. The molecule has 0 aliphatic carbocycles. The number of carbonyl (C=O) groups excluding carboxylic acids is 2. The summed E-state index contributed by atoms with van der Waals surface area (Å²) in [5.74, 6) is -0.722. The number of phenolic OH excluding ortho intramolecular Hbond substituents is 1. The highest BCUT2D eigenvalue weighted by Crippen LogP contribution is 2.25. The molecule has 0 bridgehead atoms. The molecule has 1 heterocycles. The number of fused-ring (bicyclic) bond motifs is 1. The number of rotatable bonds is 5. The number of aromatic hydroxyl groups is 1. The molecule has 7 heteroatoms. The summed E-state index contributed by atoms with van der Waals surface area (Å²) < 4.78 is 4.97. The molecule has 2 aromatic carbocycles. The average molecular weight is 377 g/mol. The van der Waals surface area contributed by atoms with E-state index in [-0.39, 0.29) is 23.8 Å². The van der Waals surface area contributed by atoms with E-state index in [0.717, 1.165) is 16.6 Å². The lowest BCUT2D eigenvalue weighted by atomic mass is 10.0. The van der Waals surface area contributed by atoms with Gasteiger partial charge in [0.2, 0.25) is 5.91 Å². The highest BCUT2D eigenvalue weighted by Gasteiger charge is 2.14. The van der Waals surface area contributed by atoms with Gasteiger partial charge in [-0.1, -0.05) is 24.3 Å². The Morgan fingerprint density at radius 2 is 1.89 bits per heavy atom. The molecule has 2 N–H and O–H groups in total. The quantitative estimate of drug-likeness (QED) is 0.308. The van der Waals surface area contributed by atoms with Crippen LogP contribution in [0.4, 0.5) is 0 Å². The molecule has 1 amide bonds. The maximum atomic E-state index is 11.3. The Balaban J connectivity index is 1.95. The normalized spacial score (nSPS) is 11.3. The highest BCUT2D eigenvalue weighted by molar-refractivity contribution is 6.04. The highest BCUT2D eigenvalue weighted by atomic mass is 16.5. The van der Waals surface area contributed by atoms with E-state index in [9.17, 15) is 14.7 Å². The van der Waals surface area contributed by atoms with Crippen molar-refractivity contribution in [3.63, 3.8) is 0 Å². The second-order valence-electron chi connectivity index (χ2n) is 6.17. The molecule has 142 valence electrons. The van der Waals surface area contributed by atoms with Crippen molar-refractivity contribution in [3.05, 3.63) is 65.9 Å². The summed E-state index contributed by atoms with van der Waals surface area (Å²) in [6.07, 6.45) is 0.283. The number of phenols is 1. The molecule has 3 aromatic rings. The largest absolute Gasteiger partial charge is 0.507 e. The number of hydrazone groups is 1. The molecule has 0 aliphatic rings. The molecule has 0 saturated carbocycles. The van der Waals surface area contributed by atoms with Crippen LogP contribution in [0.1, 0.15) is 25.1 Å². The molecule has 0 atom stereocenters. The Hall–Kier alpha value is -3.74. The fourth-order valence-electron chi connectivity index (χ4n) is 2.70. The van der Waals surface area contributed by atoms with Crippen LogP contribution in [0, 0.1) is 0 Å². The maximum absolute atomic E-state index is 11.3. The third kappa shape index (κ3) is 4.70. The zero-order valence-corrected chi connectivity index (χ0v) is 15.5. The monoisotopic (exact) mass is 377 g/mol. The van der Waals surface area contributed by atoms with Gasteiger partial charge in [-0.3, -0.25) is 14.6 Å². The number of amides is 1. The van der Waals surface area contributed by atoms with E-state index in [1.807, 2.05) is 36.4 Å². The molecular formula is C21H19N3O4. The number of nitrogens with zero attached hydrogens (tertiary/aromatic N) is 2. The van der Waals surface area contributed by atoms with E-state index < -0.39 is 5.97 Å². The van der Waals surface area contributed by atoms with Crippen LogP contribution in [0.3, 0.4) is 0 Å². The van der Waals surface area contributed by atoms with Crippen molar-refractivity contribution in [2.75, 3.05) is 0 Å². The zero-order chi connectivity index (χ0) is 20.1. The van der Waals surface area contributed by atoms with E-state index in [0.29, 0.717) is 11.3 Å². The van der Waals surface area contributed by atoms with E-state index in [1.165, 1.54) is 19.9 Å². The van der Waals surface area contributed by atoms with Crippen LogP contribution in [-0.4, -0.2) is 27.7 Å². The van der Waals surface area contributed by atoms with Crippen molar-refractivity contribution in [3.8, 4) is 11.5 Å². The van der Waals surface area contributed by atoms with Gasteiger partial charge in [0.15, 0.2) is 0 Å². The van der Waals surface area contributed by atoms with Crippen LogP contribution in [0.5, 0.6) is 11.5 Å². The molecule has 3 rings (SSSR count). The first kappa shape index (κ1) is 19.0. The molecule has 28 heavy (non-hydrogen) atoms. The lowest BCUT2D eigenvalue weighted by Crippen LogP contribution is -2.18. The number of nitrogens with one attached hydrogen (secondary N) is 1. The van der Waals surface area contributed by atoms with Crippen molar-refractivity contribution in [1.29, 1.82) is 0 Å². The van der Waals surface area contributed by atoms with Gasteiger partial charge >= 0.3 is 5.97 Å². The first-order chi connectivity index (χ1) is 13.4. The molecular weight excluding hydrogens is 358 g/mol. The molecule has 7 nitrogen and oxygen atoms in total. The van der Waals surface area contributed by atoms with Crippen molar-refractivity contribution in [1.82, 2.24) is 10.4 Å². The Morgan fingerprint density at radius 1 is 1.11 bits per heavy atom. The molecule has 1 aromatic heterocycles. The first-order valence-corrected chi connectivity index (χ1v) is 8.62. The maximum Gasteiger partial charge on any atom is 0.308 e. The van der Waals surface area contributed by atoms with E-state index in [2.05, 4.69) is 15.5 Å². The Kier molecular flexibility index (Phi) is 5.64. The van der Waals surface area contributed by atoms with Crippen molar-refractivity contribution >= 4 is 28.5 Å². The minimum atomic E-state index is -0.486. The number of pyridine rings is 1. The summed E-state index contributed by atoms with van der Waals surface area (Å²) in [6.45, 7) is 2.62. The van der Waals surface area contributed by atoms with Gasteiger partial charge in [-0.2, -0.15) is 5.10 Å². The van der Waals surface area contributed by atoms with Crippen LogP contribution in [-0.2, 0) is 16.0 Å². The van der Waals surface area contributed by atoms with E-state index in [4.69, 9.17) is 4.74 Å². The van der Waals surface area contributed by atoms with Crippen LogP contribution in [0.25, 0.3) is 10.9 Å². The predicted molar refractivity (Wildman–Crippen MR) is 105 cm³/mol. The minimum Gasteiger partial charge on any atom is -0.507 e. The lowest BCUT2D eigenvalue weighted by molar-refractivity contribution is -0.131. The van der Waals surface area contributed by atoms with Crippen LogP contribution in [0.2, 0.25) is 0 Å². The van der Waals surface area contributed by atoms with Gasteiger partial charge < -0.3 is 9.84 Å². The van der Waals surface area contributed by atoms with E-state index in [1.54, 1.807) is 12.1 Å². The summed E-state index contributed by atoms with van der Waals surface area (Å²) in [6, 6.07) is 16.0. The smallest absolute Gasteiger partial charge is 0.308 e. The van der Waals surface area contributed by atoms with Crippen molar-refractivity contribution in [2.24, 2.45) is 5.10 Å². The second kappa shape index (κ2) is 8.30. The van der Waals surface area contributed by atoms with Crippen molar-refractivity contribution < 1.29 is 19.4 Å². The first-order valence-electron chi connectivity index (χ1n) is 8.62. The fourth-order valence-corrected chi connectivity index (χ4v) is 2.70. The summed E-state index contributed by atoms with van der Waals surface area (Å²) in [4.78, 5) is 27.0. The van der Waals surface area contributed by atoms with Crippen molar-refractivity contribution in [2.45, 2.75) is 20.3 Å². The predicted octanol–water partition coefficient (Wildman–Crippen LogP) is 2.95. The molecule has 0 fully saturated rings. The number of ether oxygens (including phenoxy) is 1. The third-order valence-corrected chi connectivity index (χ3v) is 3.89. The summed E-state index contributed by atoms with van der Waals surface area (Å²) in [5, 5.41) is 15.5. The summed E-state index contributed by atoms with van der Waals surface area (Å²) in [5.41, 5.74) is 4.79. The van der Waals surface area contributed by atoms with Crippen LogP contribution < -0.4 is 10.2 Å². The molecule has 0 spiro atoms. The number of esters is 1. The number of para-hydroxylation sites is 1. The molecule has 0 aliphatic heterocycles. The lowest BCUT2D eigenvalue weighted by Gasteiger charge is -2.11. The van der Waals surface area contributed by atoms with Crippen LogP contribution >= 0.6 is 0 Å². The number of hydrogen-bond donors (Lipinski definition) is 2. The SMILES string of the molecule is CC(=O)NN=C(Cc1ccc2ccccc2n1)c1ccc(OC(C)=O)cc1O. The molecule has 0 saturated heterocycles. The standard InChI is InChI=1S/C21H19N3O4/c1-13(25)23-24-20(18-10-9-17(12-21(18)27)28-14(2)26)11-16-8-7-15-5-3-4-6-19(15)22-16/h3-10,12,27H,11H2,1-2H3,(H,23,25). The summed E-state index contributed by atoms with van der Waals surface area (Å²) in [7, 11) is 0. The molecule has 0 radical (unpaired) electrons. The van der Waals surface area contributed by atoms with E-state index >= 15 is 0 Å². The zero-order valence-electron chi connectivity index (χ0n) is 15.5. The number of benzene rings is 2. The third-order valence-electron chi connectivity index (χ3n) is 3.89. The van der Waals surface area contributed by atoms with Gasteiger partial charge in [0.25, 0.3) is 0 Å². The Morgan fingerprint density at radius 3 is 2.61 bits per heavy atom. The van der Waals surface area contributed by atoms with Crippen LogP contribution in [0.15, 0.2) is 59.7 Å². The Bertz CT molecular complexity index is 1080. The average Bonchev–Trinajstić information content (AvgIpc) is 2.65. The molecule has 0 unspecified atom stereocenters. The van der Waals surface area contributed by atoms with Gasteiger partial charge in [0.1, 0.15) is 11.5 Å². The summed E-state index contributed by atoms with van der Waals surface area (Å²) >= 11 is 0. The van der Waals surface area contributed by atoms with Gasteiger partial charge in [-0.25, -0.2) is 5.43 Å².